The molecule has 1 aromatic heterocycles. The number of nitrogens with zero attached hydrogens (tertiary/aromatic N) is 2. The maximum atomic E-state index is 12.5. The molecule has 1 aliphatic rings. The number of rotatable bonds is 5. The largest absolute Gasteiger partial charge is 0.407 e. The van der Waals surface area contributed by atoms with E-state index in [1.807, 2.05) is 30.3 Å². The SMILES string of the molecule is CCC(=O)Oc1c(NC(=O)N[C@H]2C(=O)C(C)=CN(C)C2=O)ccn1-c1ccccc1. The molecule has 2 heterocycles. The molecule has 9 nitrogen and oxygen atoms in total. The molecule has 1 atom stereocenters. The fourth-order valence-electron chi connectivity index (χ4n) is 2.97. The predicted octanol–water partition coefficient (Wildman–Crippen LogP) is 2.23. The first-order chi connectivity index (χ1) is 14.3. The van der Waals surface area contributed by atoms with Gasteiger partial charge in [0.05, 0.1) is 0 Å². The van der Waals surface area contributed by atoms with Gasteiger partial charge in [0.1, 0.15) is 5.69 Å². The molecule has 30 heavy (non-hydrogen) atoms. The Morgan fingerprint density at radius 3 is 2.50 bits per heavy atom. The summed E-state index contributed by atoms with van der Waals surface area (Å²) < 4.78 is 7.03. The highest BCUT2D eigenvalue weighted by Crippen LogP contribution is 2.30. The van der Waals surface area contributed by atoms with E-state index >= 15 is 0 Å². The molecule has 3 amide bonds. The molecular weight excluding hydrogens is 388 g/mol. The zero-order valence-corrected chi connectivity index (χ0v) is 16.8. The van der Waals surface area contributed by atoms with E-state index < -0.39 is 29.7 Å². The van der Waals surface area contributed by atoms with Crippen LogP contribution in [0.5, 0.6) is 5.88 Å². The smallest absolute Gasteiger partial charge is 0.320 e. The maximum absolute atomic E-state index is 12.5. The molecule has 2 N–H and O–H groups in total. The minimum atomic E-state index is -1.32. The third kappa shape index (κ3) is 4.24. The molecule has 3 rings (SSSR count). The minimum absolute atomic E-state index is 0.123. The summed E-state index contributed by atoms with van der Waals surface area (Å²) in [7, 11) is 1.51. The Morgan fingerprint density at radius 1 is 1.13 bits per heavy atom. The van der Waals surface area contributed by atoms with Crippen LogP contribution >= 0.6 is 0 Å². The number of Topliss-reactive ketones (excluding diaryl/α,β-unsaturated/α-hetero) is 1. The van der Waals surface area contributed by atoms with Crippen LogP contribution in [0.15, 0.2) is 54.4 Å². The van der Waals surface area contributed by atoms with Crippen LogP contribution in [-0.2, 0) is 14.4 Å². The van der Waals surface area contributed by atoms with Crippen LogP contribution in [0.4, 0.5) is 10.5 Å². The number of anilines is 1. The number of carbonyl (C=O) groups excluding carboxylic acids is 4. The molecule has 0 radical (unpaired) electrons. The average Bonchev–Trinajstić information content (AvgIpc) is 3.12. The minimum Gasteiger partial charge on any atom is -0.407 e. The number of hydrogen-bond donors (Lipinski definition) is 2. The van der Waals surface area contributed by atoms with Gasteiger partial charge in [0, 0.05) is 37.1 Å². The number of benzene rings is 1. The molecule has 0 unspecified atom stereocenters. The van der Waals surface area contributed by atoms with Crippen LogP contribution in [0, 0.1) is 0 Å². The molecule has 156 valence electrons. The number of likely N-dealkylation sites (N-methyl/N-ethyl adjacent to an activating group) is 1. The number of nitrogens with one attached hydrogen (secondary N) is 2. The number of esters is 1. The lowest BCUT2D eigenvalue weighted by Gasteiger charge is -2.26. The first-order valence-electron chi connectivity index (χ1n) is 9.36. The molecule has 9 heteroatoms. The summed E-state index contributed by atoms with van der Waals surface area (Å²) in [5.41, 5.74) is 1.30. The maximum Gasteiger partial charge on any atom is 0.320 e. The van der Waals surface area contributed by atoms with Gasteiger partial charge in [-0.05, 0) is 25.1 Å². The number of urea groups is 1. The normalized spacial score (nSPS) is 16.2. The van der Waals surface area contributed by atoms with Crippen molar-refractivity contribution in [3.63, 3.8) is 0 Å². The van der Waals surface area contributed by atoms with E-state index in [1.165, 1.54) is 18.1 Å². The van der Waals surface area contributed by atoms with Crippen LogP contribution in [0.1, 0.15) is 20.3 Å². The lowest BCUT2D eigenvalue weighted by Crippen LogP contribution is -2.54. The van der Waals surface area contributed by atoms with Crippen molar-refractivity contribution in [3.8, 4) is 11.6 Å². The number of ketones is 1. The molecule has 1 aromatic carbocycles. The average molecular weight is 410 g/mol. The van der Waals surface area contributed by atoms with Gasteiger partial charge in [-0.15, -0.1) is 0 Å². The second-order valence-corrected chi connectivity index (χ2v) is 6.72. The lowest BCUT2D eigenvalue weighted by molar-refractivity contribution is -0.136. The fourth-order valence-corrected chi connectivity index (χ4v) is 2.97. The van der Waals surface area contributed by atoms with Crippen LogP contribution in [-0.4, -0.2) is 46.2 Å². The highest BCUT2D eigenvalue weighted by Gasteiger charge is 2.35. The second-order valence-electron chi connectivity index (χ2n) is 6.72. The van der Waals surface area contributed by atoms with Gasteiger partial charge in [-0.3, -0.25) is 19.0 Å². The first kappa shape index (κ1) is 20.8. The summed E-state index contributed by atoms with van der Waals surface area (Å²) >= 11 is 0. The van der Waals surface area contributed by atoms with Crippen molar-refractivity contribution >= 4 is 29.4 Å². The number of carbonyl (C=O) groups is 4. The monoisotopic (exact) mass is 410 g/mol. The highest BCUT2D eigenvalue weighted by atomic mass is 16.5. The predicted molar refractivity (Wildman–Crippen MR) is 109 cm³/mol. The van der Waals surface area contributed by atoms with Crippen molar-refractivity contribution in [2.75, 3.05) is 12.4 Å². The van der Waals surface area contributed by atoms with E-state index in [9.17, 15) is 19.2 Å². The van der Waals surface area contributed by atoms with Crippen molar-refractivity contribution in [1.29, 1.82) is 0 Å². The number of ether oxygens (including phenoxy) is 1. The Labute approximate surface area is 173 Å². The molecule has 2 aromatic rings. The summed E-state index contributed by atoms with van der Waals surface area (Å²) in [6, 6.07) is 8.60. The van der Waals surface area contributed by atoms with E-state index in [4.69, 9.17) is 4.74 Å². The van der Waals surface area contributed by atoms with E-state index in [1.54, 1.807) is 30.7 Å². The summed E-state index contributed by atoms with van der Waals surface area (Å²) in [4.78, 5) is 50.2. The Balaban J connectivity index is 1.84. The zero-order chi connectivity index (χ0) is 21.8. The van der Waals surface area contributed by atoms with Crippen molar-refractivity contribution < 1.29 is 23.9 Å². The molecule has 0 spiro atoms. The molecule has 0 saturated heterocycles. The quantitative estimate of drug-likeness (QED) is 0.580. The van der Waals surface area contributed by atoms with Gasteiger partial charge in [-0.1, -0.05) is 25.1 Å². The standard InChI is InChI=1S/C21H22N4O5/c1-4-16(26)30-20-15(10-11-25(20)14-8-6-5-7-9-14)22-21(29)23-17-18(27)13(2)12-24(3)19(17)28/h5-12,17H,4H2,1-3H3,(H2,22,23,29)/t17-/m0/s1. The molecule has 1 aliphatic heterocycles. The number of amides is 3. The topological polar surface area (TPSA) is 110 Å². The Morgan fingerprint density at radius 2 is 1.83 bits per heavy atom. The van der Waals surface area contributed by atoms with Gasteiger partial charge >= 0.3 is 12.0 Å². The van der Waals surface area contributed by atoms with Crippen molar-refractivity contribution in [2.45, 2.75) is 26.3 Å². The van der Waals surface area contributed by atoms with Crippen LogP contribution < -0.4 is 15.4 Å². The number of aromatic nitrogens is 1. The molecular formula is C21H22N4O5. The third-order valence-corrected chi connectivity index (χ3v) is 4.53. The van der Waals surface area contributed by atoms with Gasteiger partial charge < -0.3 is 20.3 Å². The zero-order valence-electron chi connectivity index (χ0n) is 16.8. The fraction of sp³-hybridized carbons (Fsp3) is 0.238. The van der Waals surface area contributed by atoms with E-state index in [2.05, 4.69) is 10.6 Å². The molecule has 0 saturated carbocycles. The van der Waals surface area contributed by atoms with E-state index in [0.29, 0.717) is 5.57 Å². The summed E-state index contributed by atoms with van der Waals surface area (Å²) in [5.74, 6) is -1.37. The van der Waals surface area contributed by atoms with Crippen LogP contribution in [0.25, 0.3) is 5.69 Å². The lowest BCUT2D eigenvalue weighted by atomic mass is 10.0. The van der Waals surface area contributed by atoms with E-state index in [0.717, 1.165) is 5.69 Å². The molecule has 0 bridgehead atoms. The van der Waals surface area contributed by atoms with E-state index in [-0.39, 0.29) is 18.0 Å². The highest BCUT2D eigenvalue weighted by molar-refractivity contribution is 6.17. The van der Waals surface area contributed by atoms with Gasteiger partial charge in [-0.2, -0.15) is 0 Å². The third-order valence-electron chi connectivity index (χ3n) is 4.53. The summed E-state index contributed by atoms with van der Waals surface area (Å²) in [6.07, 6.45) is 3.21. The Kier molecular flexibility index (Phi) is 6.01. The number of para-hydroxylation sites is 1. The second kappa shape index (κ2) is 8.64. The number of hydrogen-bond acceptors (Lipinski definition) is 5. The Hall–Kier alpha value is -3.88. The first-order valence-corrected chi connectivity index (χ1v) is 9.36. The van der Waals surface area contributed by atoms with Crippen molar-refractivity contribution in [3.05, 3.63) is 54.4 Å². The van der Waals surface area contributed by atoms with Gasteiger partial charge in [0.15, 0.2) is 11.8 Å². The summed E-state index contributed by atoms with van der Waals surface area (Å²) in [5, 5.41) is 4.95. The van der Waals surface area contributed by atoms with Crippen molar-refractivity contribution in [1.82, 2.24) is 14.8 Å². The van der Waals surface area contributed by atoms with Gasteiger partial charge in [0.2, 0.25) is 5.88 Å². The van der Waals surface area contributed by atoms with Crippen LogP contribution in [0.3, 0.4) is 0 Å². The molecule has 0 aliphatic carbocycles. The van der Waals surface area contributed by atoms with Crippen LogP contribution in [0.2, 0.25) is 0 Å². The van der Waals surface area contributed by atoms with Gasteiger partial charge in [0.25, 0.3) is 5.91 Å². The Bertz CT molecular complexity index is 1030. The van der Waals surface area contributed by atoms with Gasteiger partial charge in [-0.25, -0.2) is 4.79 Å². The van der Waals surface area contributed by atoms with Crippen molar-refractivity contribution in [2.24, 2.45) is 0 Å². The summed E-state index contributed by atoms with van der Waals surface area (Å²) in [6.45, 7) is 3.23. The molecule has 0 fully saturated rings.